The molecule has 0 fully saturated rings. The van der Waals surface area contributed by atoms with Gasteiger partial charge in [0.05, 0.1) is 6.61 Å². The predicted octanol–water partition coefficient (Wildman–Crippen LogP) is 2.91. The van der Waals surface area contributed by atoms with Crippen molar-refractivity contribution in [3.63, 3.8) is 0 Å². The van der Waals surface area contributed by atoms with Crippen molar-refractivity contribution in [1.29, 1.82) is 0 Å². The van der Waals surface area contributed by atoms with Crippen LogP contribution in [0.15, 0.2) is 21.8 Å². The number of halogens is 2. The zero-order valence-electron chi connectivity index (χ0n) is 9.73. The lowest BCUT2D eigenvalue weighted by Crippen LogP contribution is -2.06. The van der Waals surface area contributed by atoms with Crippen LogP contribution in [0.25, 0.3) is 11.2 Å². The van der Waals surface area contributed by atoms with Gasteiger partial charge in [0, 0.05) is 11.4 Å². The Bertz CT molecular complexity index is 519. The van der Waals surface area contributed by atoms with Gasteiger partial charge in [0.1, 0.15) is 6.61 Å². The minimum absolute atomic E-state index is 0.236. The van der Waals surface area contributed by atoms with Gasteiger partial charge in [-0.3, -0.25) is 0 Å². The smallest absolute Gasteiger partial charge is 0.261 e. The number of fused-ring (bicyclic) bond motifs is 1. The second-order valence-electron chi connectivity index (χ2n) is 3.57. The van der Waals surface area contributed by atoms with Gasteiger partial charge in [-0.1, -0.05) is 11.8 Å². The zero-order chi connectivity index (χ0) is 13.0. The highest BCUT2D eigenvalue weighted by Gasteiger charge is 2.08. The Labute approximate surface area is 107 Å². The van der Waals surface area contributed by atoms with E-state index in [0.29, 0.717) is 22.2 Å². The van der Waals surface area contributed by atoms with Crippen molar-refractivity contribution in [2.75, 3.05) is 19.0 Å². The normalized spacial score (nSPS) is 11.6. The first kappa shape index (κ1) is 13.2. The number of oxazole rings is 1. The van der Waals surface area contributed by atoms with Crippen molar-refractivity contribution in [2.24, 2.45) is 0 Å². The molecule has 2 aromatic heterocycles. The minimum Gasteiger partial charge on any atom is -0.430 e. The molecule has 0 aliphatic rings. The largest absolute Gasteiger partial charge is 0.430 e. The third-order valence-electron chi connectivity index (χ3n) is 2.07. The molecule has 0 spiro atoms. The zero-order valence-corrected chi connectivity index (χ0v) is 10.5. The molecule has 2 heterocycles. The number of aryl methyl sites for hydroxylation is 1. The number of hydrogen-bond acceptors (Lipinski definition) is 5. The van der Waals surface area contributed by atoms with Crippen molar-refractivity contribution in [3.05, 3.63) is 17.8 Å². The summed E-state index contributed by atoms with van der Waals surface area (Å²) in [6, 6.07) is 3.65. The van der Waals surface area contributed by atoms with Gasteiger partial charge in [-0.2, -0.15) is 4.98 Å². The standard InChI is InChI=1S/C11H12F2N2O2S/c1-7-2-3-8-10(14-7)15-11(17-8)18-5-4-16-6-9(12)13/h2-3,9H,4-6H2,1H3. The molecule has 7 heteroatoms. The van der Waals surface area contributed by atoms with Crippen LogP contribution in [-0.4, -0.2) is 35.4 Å². The predicted molar refractivity (Wildman–Crippen MR) is 64.1 cm³/mol. The maximum atomic E-state index is 11.8. The second kappa shape index (κ2) is 6.10. The van der Waals surface area contributed by atoms with E-state index in [4.69, 9.17) is 9.15 Å². The first-order chi connectivity index (χ1) is 8.65. The monoisotopic (exact) mass is 274 g/mol. The Morgan fingerprint density at radius 3 is 3.00 bits per heavy atom. The molecule has 0 aromatic carbocycles. The SMILES string of the molecule is Cc1ccc2oc(SCCOCC(F)F)nc2n1. The summed E-state index contributed by atoms with van der Waals surface area (Å²) in [5.41, 5.74) is 2.05. The molecular formula is C11H12F2N2O2S. The van der Waals surface area contributed by atoms with E-state index in [9.17, 15) is 8.78 Å². The molecule has 2 aromatic rings. The molecule has 0 saturated carbocycles. The Balaban J connectivity index is 1.84. The number of hydrogen-bond donors (Lipinski definition) is 0. The molecule has 18 heavy (non-hydrogen) atoms. The fourth-order valence-corrected chi connectivity index (χ4v) is 1.99. The van der Waals surface area contributed by atoms with Crippen LogP contribution in [0.4, 0.5) is 8.78 Å². The van der Waals surface area contributed by atoms with Gasteiger partial charge in [0.2, 0.25) is 0 Å². The first-order valence-corrected chi connectivity index (χ1v) is 6.36. The Kier molecular flexibility index (Phi) is 4.48. The van der Waals surface area contributed by atoms with Crippen molar-refractivity contribution in [2.45, 2.75) is 18.6 Å². The highest BCUT2D eigenvalue weighted by Crippen LogP contribution is 2.22. The maximum Gasteiger partial charge on any atom is 0.261 e. The van der Waals surface area contributed by atoms with E-state index in [2.05, 4.69) is 9.97 Å². The summed E-state index contributed by atoms with van der Waals surface area (Å²) in [7, 11) is 0. The summed E-state index contributed by atoms with van der Waals surface area (Å²) < 4.78 is 33.8. The number of aromatic nitrogens is 2. The fourth-order valence-electron chi connectivity index (χ4n) is 1.32. The molecule has 0 radical (unpaired) electrons. The lowest BCUT2D eigenvalue weighted by Gasteiger charge is -2.00. The topological polar surface area (TPSA) is 48.2 Å². The van der Waals surface area contributed by atoms with Crippen LogP contribution in [-0.2, 0) is 4.74 Å². The molecule has 98 valence electrons. The van der Waals surface area contributed by atoms with Gasteiger partial charge < -0.3 is 9.15 Å². The van der Waals surface area contributed by atoms with Gasteiger partial charge in [0.25, 0.3) is 11.6 Å². The van der Waals surface area contributed by atoms with Gasteiger partial charge in [-0.25, -0.2) is 13.8 Å². The number of thioether (sulfide) groups is 1. The highest BCUT2D eigenvalue weighted by molar-refractivity contribution is 7.99. The number of nitrogens with zero attached hydrogens (tertiary/aromatic N) is 2. The Hall–Kier alpha value is -1.21. The second-order valence-corrected chi connectivity index (χ2v) is 4.61. The summed E-state index contributed by atoms with van der Waals surface area (Å²) in [6.45, 7) is 1.58. The summed E-state index contributed by atoms with van der Waals surface area (Å²) in [5, 5.41) is 0.476. The van der Waals surface area contributed by atoms with Crippen LogP contribution in [0.5, 0.6) is 0 Å². The molecule has 0 unspecified atom stereocenters. The third kappa shape index (κ3) is 3.64. The van der Waals surface area contributed by atoms with Gasteiger partial charge in [-0.05, 0) is 19.1 Å². The van der Waals surface area contributed by atoms with Crippen molar-refractivity contribution < 1.29 is 17.9 Å². The molecular weight excluding hydrogens is 262 g/mol. The number of rotatable bonds is 6. The van der Waals surface area contributed by atoms with E-state index in [0.717, 1.165) is 5.69 Å². The lowest BCUT2D eigenvalue weighted by molar-refractivity contribution is 0.0237. The number of ether oxygens (including phenoxy) is 1. The molecule has 0 saturated heterocycles. The lowest BCUT2D eigenvalue weighted by atomic mass is 10.4. The molecule has 2 rings (SSSR count). The molecule has 0 N–H and O–H groups in total. The average Bonchev–Trinajstić information content (AvgIpc) is 2.70. The first-order valence-electron chi connectivity index (χ1n) is 5.38. The molecule has 0 aliphatic heterocycles. The van der Waals surface area contributed by atoms with Crippen LogP contribution in [0.2, 0.25) is 0 Å². The van der Waals surface area contributed by atoms with E-state index in [1.165, 1.54) is 11.8 Å². The summed E-state index contributed by atoms with van der Waals surface area (Å²) in [5.74, 6) is 0.512. The summed E-state index contributed by atoms with van der Waals surface area (Å²) in [4.78, 5) is 8.40. The third-order valence-corrected chi connectivity index (χ3v) is 2.86. The van der Waals surface area contributed by atoms with E-state index in [1.54, 1.807) is 0 Å². The van der Waals surface area contributed by atoms with Crippen molar-refractivity contribution >= 4 is 23.0 Å². The average molecular weight is 274 g/mol. The van der Waals surface area contributed by atoms with E-state index >= 15 is 0 Å². The van der Waals surface area contributed by atoms with Crippen molar-refractivity contribution in [1.82, 2.24) is 9.97 Å². The van der Waals surface area contributed by atoms with Gasteiger partial charge in [-0.15, -0.1) is 0 Å². The van der Waals surface area contributed by atoms with E-state index in [1.807, 2.05) is 19.1 Å². The Morgan fingerprint density at radius 2 is 2.22 bits per heavy atom. The molecule has 0 amide bonds. The van der Waals surface area contributed by atoms with Gasteiger partial charge in [0.15, 0.2) is 11.2 Å². The van der Waals surface area contributed by atoms with Crippen LogP contribution in [0.1, 0.15) is 5.69 Å². The van der Waals surface area contributed by atoms with Gasteiger partial charge >= 0.3 is 0 Å². The number of pyridine rings is 1. The quantitative estimate of drug-likeness (QED) is 0.598. The fraction of sp³-hybridized carbons (Fsp3) is 0.455. The van der Waals surface area contributed by atoms with Crippen LogP contribution >= 0.6 is 11.8 Å². The van der Waals surface area contributed by atoms with Crippen LogP contribution in [0, 0.1) is 6.92 Å². The van der Waals surface area contributed by atoms with Crippen molar-refractivity contribution in [3.8, 4) is 0 Å². The molecule has 0 bridgehead atoms. The summed E-state index contributed by atoms with van der Waals surface area (Å²) >= 11 is 1.32. The van der Waals surface area contributed by atoms with E-state index in [-0.39, 0.29) is 6.61 Å². The van der Waals surface area contributed by atoms with Crippen LogP contribution < -0.4 is 0 Å². The molecule has 0 atom stereocenters. The maximum absolute atomic E-state index is 11.8. The molecule has 0 aliphatic carbocycles. The number of alkyl halides is 2. The van der Waals surface area contributed by atoms with Crippen LogP contribution in [0.3, 0.4) is 0 Å². The minimum atomic E-state index is -2.42. The Morgan fingerprint density at radius 1 is 1.39 bits per heavy atom. The van der Waals surface area contributed by atoms with E-state index < -0.39 is 13.0 Å². The molecule has 4 nitrogen and oxygen atoms in total. The summed E-state index contributed by atoms with van der Waals surface area (Å²) in [6.07, 6.45) is -2.42. The highest BCUT2D eigenvalue weighted by atomic mass is 32.2.